The predicted octanol–water partition coefficient (Wildman–Crippen LogP) is 1.77. The molecule has 13 heavy (non-hydrogen) atoms. The van der Waals surface area contributed by atoms with E-state index in [0.29, 0.717) is 6.61 Å². The van der Waals surface area contributed by atoms with Crippen molar-refractivity contribution in [3.63, 3.8) is 0 Å². The molecule has 0 saturated carbocycles. The normalized spacial score (nSPS) is 10.4. The molecule has 0 aromatic carbocycles. The third-order valence-corrected chi connectivity index (χ3v) is 3.02. The zero-order valence-corrected chi connectivity index (χ0v) is 10.1. The molecule has 0 aliphatic heterocycles. The van der Waals surface area contributed by atoms with E-state index in [1.807, 2.05) is 0 Å². The summed E-state index contributed by atoms with van der Waals surface area (Å²) in [6.07, 6.45) is 0. The van der Waals surface area contributed by atoms with Crippen molar-refractivity contribution in [2.45, 2.75) is 6.92 Å². The molecule has 4 nitrogen and oxygen atoms in total. The quantitative estimate of drug-likeness (QED) is 0.814. The maximum atomic E-state index is 5.01. The van der Waals surface area contributed by atoms with Gasteiger partial charge < -0.3 is 9.64 Å². The van der Waals surface area contributed by atoms with Crippen molar-refractivity contribution in [1.82, 2.24) is 10.2 Å². The topological polar surface area (TPSA) is 38.2 Å². The summed E-state index contributed by atoms with van der Waals surface area (Å²) < 4.78 is 5.82. The maximum absolute atomic E-state index is 5.01. The van der Waals surface area contributed by atoms with Crippen LogP contribution in [0, 0.1) is 0 Å². The van der Waals surface area contributed by atoms with Crippen LogP contribution in [0.2, 0.25) is 0 Å². The van der Waals surface area contributed by atoms with E-state index in [9.17, 15) is 0 Å². The van der Waals surface area contributed by atoms with E-state index in [1.54, 1.807) is 7.11 Å². The van der Waals surface area contributed by atoms with Crippen LogP contribution >= 0.6 is 27.3 Å². The third kappa shape index (κ3) is 3.21. The van der Waals surface area contributed by atoms with E-state index < -0.39 is 0 Å². The minimum Gasteiger partial charge on any atom is -0.383 e. The molecule has 1 aromatic heterocycles. The van der Waals surface area contributed by atoms with Crippen LogP contribution in [0.5, 0.6) is 0 Å². The third-order valence-electron chi connectivity index (χ3n) is 1.61. The lowest BCUT2D eigenvalue weighted by Crippen LogP contribution is -2.26. The Morgan fingerprint density at radius 2 is 2.31 bits per heavy atom. The molecule has 0 unspecified atom stereocenters. The largest absolute Gasteiger partial charge is 0.383 e. The van der Waals surface area contributed by atoms with Crippen molar-refractivity contribution in [2.24, 2.45) is 0 Å². The zero-order chi connectivity index (χ0) is 9.68. The van der Waals surface area contributed by atoms with Gasteiger partial charge in [0, 0.05) is 20.2 Å². The van der Waals surface area contributed by atoms with Gasteiger partial charge in [0.2, 0.25) is 5.13 Å². The summed E-state index contributed by atoms with van der Waals surface area (Å²) in [6.45, 7) is 4.58. The van der Waals surface area contributed by atoms with Crippen LogP contribution in [0.4, 0.5) is 5.13 Å². The molecular formula is C7H12BrN3OS. The van der Waals surface area contributed by atoms with Gasteiger partial charge in [0.25, 0.3) is 0 Å². The fourth-order valence-electron chi connectivity index (χ4n) is 0.917. The monoisotopic (exact) mass is 265 g/mol. The molecule has 74 valence electrons. The van der Waals surface area contributed by atoms with Crippen LogP contribution in [-0.4, -0.2) is 37.0 Å². The average Bonchev–Trinajstić information content (AvgIpc) is 2.54. The van der Waals surface area contributed by atoms with Gasteiger partial charge in [-0.2, -0.15) is 0 Å². The van der Waals surface area contributed by atoms with E-state index in [2.05, 4.69) is 38.0 Å². The molecule has 0 spiro atoms. The van der Waals surface area contributed by atoms with Gasteiger partial charge in [0.05, 0.1) is 6.61 Å². The average molecular weight is 266 g/mol. The molecule has 0 bridgehead atoms. The zero-order valence-electron chi connectivity index (χ0n) is 7.66. The molecule has 0 radical (unpaired) electrons. The van der Waals surface area contributed by atoms with Gasteiger partial charge in [-0.3, -0.25) is 0 Å². The minimum absolute atomic E-state index is 0.713. The number of likely N-dealkylation sites (N-methyl/N-ethyl adjacent to an activating group) is 1. The first-order chi connectivity index (χ1) is 6.27. The molecule has 0 amide bonds. The summed E-state index contributed by atoms with van der Waals surface area (Å²) in [5, 5.41) is 8.86. The summed E-state index contributed by atoms with van der Waals surface area (Å²) >= 11 is 4.82. The molecular weight excluding hydrogens is 254 g/mol. The Morgan fingerprint density at radius 1 is 1.54 bits per heavy atom. The standard InChI is InChI=1S/C7H12BrN3OS/c1-3-11(4-5-12-2)7-10-9-6(8)13-7/h3-5H2,1-2H3. The second-order valence-corrected chi connectivity index (χ2v) is 4.64. The van der Waals surface area contributed by atoms with Crippen molar-refractivity contribution in [1.29, 1.82) is 0 Å². The smallest absolute Gasteiger partial charge is 0.209 e. The lowest BCUT2D eigenvalue weighted by molar-refractivity contribution is 0.205. The Bertz CT molecular complexity index is 256. The van der Waals surface area contributed by atoms with E-state index in [0.717, 1.165) is 22.1 Å². The first-order valence-electron chi connectivity index (χ1n) is 4.00. The molecule has 0 atom stereocenters. The van der Waals surface area contributed by atoms with E-state index >= 15 is 0 Å². The second kappa shape index (κ2) is 5.51. The second-order valence-electron chi connectivity index (χ2n) is 2.41. The SMILES string of the molecule is CCN(CCOC)c1nnc(Br)s1. The van der Waals surface area contributed by atoms with Crippen LogP contribution in [0.3, 0.4) is 0 Å². The summed E-state index contributed by atoms with van der Waals surface area (Å²) in [6, 6.07) is 0. The number of halogens is 1. The van der Waals surface area contributed by atoms with Crippen LogP contribution in [-0.2, 0) is 4.74 Å². The first kappa shape index (κ1) is 10.9. The summed E-state index contributed by atoms with van der Waals surface area (Å²) in [5.41, 5.74) is 0. The number of rotatable bonds is 5. The molecule has 0 fully saturated rings. The highest BCUT2D eigenvalue weighted by atomic mass is 79.9. The van der Waals surface area contributed by atoms with Crippen molar-refractivity contribution in [3.8, 4) is 0 Å². The number of nitrogens with zero attached hydrogens (tertiary/aromatic N) is 3. The number of aromatic nitrogens is 2. The highest BCUT2D eigenvalue weighted by Gasteiger charge is 2.08. The van der Waals surface area contributed by atoms with Gasteiger partial charge >= 0.3 is 0 Å². The van der Waals surface area contributed by atoms with Crippen molar-refractivity contribution >= 4 is 32.4 Å². The van der Waals surface area contributed by atoms with Crippen molar-refractivity contribution < 1.29 is 4.74 Å². The lowest BCUT2D eigenvalue weighted by atomic mass is 10.5. The number of anilines is 1. The van der Waals surface area contributed by atoms with Crippen LogP contribution in [0.15, 0.2) is 3.92 Å². The molecule has 1 heterocycles. The number of hydrogen-bond donors (Lipinski definition) is 0. The minimum atomic E-state index is 0.713. The Kier molecular flexibility index (Phi) is 4.61. The van der Waals surface area contributed by atoms with Crippen LogP contribution in [0.25, 0.3) is 0 Å². The Hall–Kier alpha value is -0.200. The van der Waals surface area contributed by atoms with Gasteiger partial charge in [-0.1, -0.05) is 11.3 Å². The van der Waals surface area contributed by atoms with Crippen molar-refractivity contribution in [3.05, 3.63) is 3.92 Å². The van der Waals surface area contributed by atoms with Crippen LogP contribution < -0.4 is 4.90 Å². The molecule has 0 N–H and O–H groups in total. The van der Waals surface area contributed by atoms with Crippen LogP contribution in [0.1, 0.15) is 6.92 Å². The Labute approximate surface area is 90.0 Å². The number of methoxy groups -OCH3 is 1. The Morgan fingerprint density at radius 3 is 2.77 bits per heavy atom. The maximum Gasteiger partial charge on any atom is 0.209 e. The molecule has 1 rings (SSSR count). The van der Waals surface area contributed by atoms with Crippen molar-refractivity contribution in [2.75, 3.05) is 31.7 Å². The van der Waals surface area contributed by atoms with Gasteiger partial charge in [-0.05, 0) is 22.9 Å². The molecule has 1 aromatic rings. The fraction of sp³-hybridized carbons (Fsp3) is 0.714. The summed E-state index contributed by atoms with van der Waals surface area (Å²) in [4.78, 5) is 2.13. The molecule has 6 heteroatoms. The molecule has 0 saturated heterocycles. The predicted molar refractivity (Wildman–Crippen MR) is 57.4 cm³/mol. The van der Waals surface area contributed by atoms with Gasteiger partial charge in [0.1, 0.15) is 0 Å². The molecule has 0 aliphatic rings. The van der Waals surface area contributed by atoms with Gasteiger partial charge in [0.15, 0.2) is 3.92 Å². The number of ether oxygens (including phenoxy) is 1. The molecule has 0 aliphatic carbocycles. The lowest BCUT2D eigenvalue weighted by Gasteiger charge is -2.17. The fourth-order valence-corrected chi connectivity index (χ4v) is 2.09. The first-order valence-corrected chi connectivity index (χ1v) is 5.61. The highest BCUT2D eigenvalue weighted by Crippen LogP contribution is 2.23. The summed E-state index contributed by atoms with van der Waals surface area (Å²) in [5.74, 6) is 0. The number of hydrogen-bond acceptors (Lipinski definition) is 5. The van der Waals surface area contributed by atoms with E-state index in [4.69, 9.17) is 4.74 Å². The Balaban J connectivity index is 2.56. The van der Waals surface area contributed by atoms with Gasteiger partial charge in [-0.25, -0.2) is 0 Å². The summed E-state index contributed by atoms with van der Waals surface area (Å²) in [7, 11) is 1.70. The van der Waals surface area contributed by atoms with E-state index in [-0.39, 0.29) is 0 Å². The highest BCUT2D eigenvalue weighted by molar-refractivity contribution is 9.11. The van der Waals surface area contributed by atoms with Gasteiger partial charge in [-0.15, -0.1) is 10.2 Å². The van der Waals surface area contributed by atoms with E-state index in [1.165, 1.54) is 11.3 Å².